The molecule has 0 spiro atoms. The molecule has 0 aliphatic carbocycles. The highest BCUT2D eigenvalue weighted by Gasteiger charge is 2.19. The van der Waals surface area contributed by atoms with Crippen molar-refractivity contribution in [3.8, 4) is 6.07 Å². The van der Waals surface area contributed by atoms with Gasteiger partial charge in [0.1, 0.15) is 0 Å². The standard InChI is InChI=1S/C14H20N2O/c1-14(2,10-15)11-16-13(9-17-3)12-7-5-4-6-8-12/h4-8,13,16H,9,11H2,1-3H3. The zero-order valence-electron chi connectivity index (χ0n) is 10.7. The molecule has 1 unspecified atom stereocenters. The second-order valence-electron chi connectivity index (χ2n) is 4.80. The summed E-state index contributed by atoms with van der Waals surface area (Å²) >= 11 is 0. The summed E-state index contributed by atoms with van der Waals surface area (Å²) in [7, 11) is 1.69. The fourth-order valence-corrected chi connectivity index (χ4v) is 1.54. The topological polar surface area (TPSA) is 45.0 Å². The molecule has 3 nitrogen and oxygen atoms in total. The van der Waals surface area contributed by atoms with Crippen LogP contribution in [0.15, 0.2) is 30.3 Å². The molecule has 0 saturated heterocycles. The summed E-state index contributed by atoms with van der Waals surface area (Å²) in [5.41, 5.74) is 0.823. The van der Waals surface area contributed by atoms with E-state index in [0.29, 0.717) is 13.2 Å². The van der Waals surface area contributed by atoms with Crippen molar-refractivity contribution in [3.05, 3.63) is 35.9 Å². The Morgan fingerprint density at radius 1 is 1.35 bits per heavy atom. The largest absolute Gasteiger partial charge is 0.383 e. The van der Waals surface area contributed by atoms with Crippen molar-refractivity contribution in [1.29, 1.82) is 5.26 Å². The lowest BCUT2D eigenvalue weighted by Crippen LogP contribution is -2.33. The fraction of sp³-hybridized carbons (Fsp3) is 0.500. The number of methoxy groups -OCH3 is 1. The first-order valence-electron chi connectivity index (χ1n) is 5.77. The van der Waals surface area contributed by atoms with Gasteiger partial charge in [0.25, 0.3) is 0 Å². The normalized spacial score (nSPS) is 13.1. The Kier molecular flexibility index (Phi) is 5.14. The van der Waals surface area contributed by atoms with E-state index < -0.39 is 0 Å². The van der Waals surface area contributed by atoms with Gasteiger partial charge in [-0.05, 0) is 19.4 Å². The lowest BCUT2D eigenvalue weighted by molar-refractivity contribution is 0.163. The van der Waals surface area contributed by atoms with Gasteiger partial charge in [-0.2, -0.15) is 5.26 Å². The van der Waals surface area contributed by atoms with Crippen molar-refractivity contribution in [2.45, 2.75) is 19.9 Å². The molecule has 1 rings (SSSR count). The van der Waals surface area contributed by atoms with Crippen LogP contribution in [0.4, 0.5) is 0 Å². The Morgan fingerprint density at radius 2 is 2.00 bits per heavy atom. The second-order valence-corrected chi connectivity index (χ2v) is 4.80. The summed E-state index contributed by atoms with van der Waals surface area (Å²) in [4.78, 5) is 0. The Morgan fingerprint density at radius 3 is 2.53 bits per heavy atom. The molecule has 1 atom stereocenters. The SMILES string of the molecule is COCC(NCC(C)(C)C#N)c1ccccc1. The first-order chi connectivity index (χ1) is 8.09. The highest BCUT2D eigenvalue weighted by Crippen LogP contribution is 2.17. The lowest BCUT2D eigenvalue weighted by atomic mass is 9.95. The van der Waals surface area contributed by atoms with Crippen LogP contribution >= 0.6 is 0 Å². The second kappa shape index (κ2) is 6.39. The van der Waals surface area contributed by atoms with Gasteiger partial charge in [0.05, 0.1) is 24.1 Å². The summed E-state index contributed by atoms with van der Waals surface area (Å²) in [6, 6.07) is 12.6. The molecule has 1 aromatic carbocycles. The summed E-state index contributed by atoms with van der Waals surface area (Å²) in [6.07, 6.45) is 0. The van der Waals surface area contributed by atoms with E-state index in [0.717, 1.165) is 0 Å². The average Bonchev–Trinajstić information content (AvgIpc) is 2.35. The van der Waals surface area contributed by atoms with Gasteiger partial charge >= 0.3 is 0 Å². The molecule has 0 bridgehead atoms. The number of hydrogen-bond donors (Lipinski definition) is 1. The lowest BCUT2D eigenvalue weighted by Gasteiger charge is -2.23. The minimum atomic E-state index is -0.360. The van der Waals surface area contributed by atoms with Gasteiger partial charge in [-0.15, -0.1) is 0 Å². The molecule has 0 saturated carbocycles. The predicted octanol–water partition coefficient (Wildman–Crippen LogP) is 2.51. The van der Waals surface area contributed by atoms with E-state index in [1.807, 2.05) is 32.0 Å². The average molecular weight is 232 g/mol. The van der Waals surface area contributed by atoms with Gasteiger partial charge in [0, 0.05) is 13.7 Å². The molecular formula is C14H20N2O. The zero-order chi connectivity index (χ0) is 12.7. The zero-order valence-corrected chi connectivity index (χ0v) is 10.7. The monoisotopic (exact) mass is 232 g/mol. The quantitative estimate of drug-likeness (QED) is 0.819. The van der Waals surface area contributed by atoms with E-state index in [1.54, 1.807) is 7.11 Å². The van der Waals surface area contributed by atoms with Crippen LogP contribution in [-0.2, 0) is 4.74 Å². The summed E-state index contributed by atoms with van der Waals surface area (Å²) in [6.45, 7) is 5.10. The van der Waals surface area contributed by atoms with Crippen molar-refractivity contribution >= 4 is 0 Å². The molecule has 0 fully saturated rings. The number of benzene rings is 1. The van der Waals surface area contributed by atoms with Crippen molar-refractivity contribution < 1.29 is 4.74 Å². The number of rotatable bonds is 6. The molecule has 92 valence electrons. The molecule has 0 aliphatic heterocycles. The number of nitrogens with one attached hydrogen (secondary N) is 1. The van der Waals surface area contributed by atoms with Crippen molar-refractivity contribution in [2.75, 3.05) is 20.3 Å². The van der Waals surface area contributed by atoms with E-state index in [9.17, 15) is 0 Å². The third-order valence-electron chi connectivity index (χ3n) is 2.63. The van der Waals surface area contributed by atoms with Crippen molar-refractivity contribution in [3.63, 3.8) is 0 Å². The maximum Gasteiger partial charge on any atom is 0.0697 e. The van der Waals surface area contributed by atoms with Crippen LogP contribution in [0, 0.1) is 16.7 Å². The van der Waals surface area contributed by atoms with Gasteiger partial charge in [-0.3, -0.25) is 0 Å². The minimum Gasteiger partial charge on any atom is -0.383 e. The van der Waals surface area contributed by atoms with Gasteiger partial charge in [0.15, 0.2) is 0 Å². The summed E-state index contributed by atoms with van der Waals surface area (Å²) < 4.78 is 5.21. The molecule has 3 heteroatoms. The van der Waals surface area contributed by atoms with Gasteiger partial charge < -0.3 is 10.1 Å². The molecule has 0 aliphatic rings. The molecule has 0 aromatic heterocycles. The Hall–Kier alpha value is -1.37. The predicted molar refractivity (Wildman–Crippen MR) is 68.5 cm³/mol. The van der Waals surface area contributed by atoms with Crippen LogP contribution in [0.3, 0.4) is 0 Å². The molecule has 0 amide bonds. The maximum absolute atomic E-state index is 8.99. The molecular weight excluding hydrogens is 212 g/mol. The van der Waals surface area contributed by atoms with Crippen LogP contribution in [0.25, 0.3) is 0 Å². The van der Waals surface area contributed by atoms with E-state index in [4.69, 9.17) is 10.00 Å². The van der Waals surface area contributed by atoms with E-state index in [2.05, 4.69) is 23.5 Å². The Balaban J connectivity index is 2.65. The molecule has 1 N–H and O–H groups in total. The van der Waals surface area contributed by atoms with Crippen LogP contribution < -0.4 is 5.32 Å². The first-order valence-corrected chi connectivity index (χ1v) is 5.77. The minimum absolute atomic E-state index is 0.133. The fourth-order valence-electron chi connectivity index (χ4n) is 1.54. The highest BCUT2D eigenvalue weighted by molar-refractivity contribution is 5.19. The molecule has 0 heterocycles. The molecule has 17 heavy (non-hydrogen) atoms. The Bertz CT molecular complexity index is 368. The third kappa shape index (κ3) is 4.56. The van der Waals surface area contributed by atoms with E-state index >= 15 is 0 Å². The van der Waals surface area contributed by atoms with Crippen LogP contribution in [0.1, 0.15) is 25.5 Å². The molecule has 0 radical (unpaired) electrons. The first kappa shape index (κ1) is 13.7. The van der Waals surface area contributed by atoms with Crippen molar-refractivity contribution in [1.82, 2.24) is 5.32 Å². The number of hydrogen-bond acceptors (Lipinski definition) is 3. The van der Waals surface area contributed by atoms with E-state index in [1.165, 1.54) is 5.56 Å². The van der Waals surface area contributed by atoms with Crippen LogP contribution in [-0.4, -0.2) is 20.3 Å². The number of nitrogens with zero attached hydrogens (tertiary/aromatic N) is 1. The van der Waals surface area contributed by atoms with Gasteiger partial charge in [-0.1, -0.05) is 30.3 Å². The summed E-state index contributed by atoms with van der Waals surface area (Å²) in [5.74, 6) is 0. The summed E-state index contributed by atoms with van der Waals surface area (Å²) in [5, 5.41) is 12.4. The Labute approximate surface area is 103 Å². The number of ether oxygens (including phenoxy) is 1. The van der Waals surface area contributed by atoms with Crippen LogP contribution in [0.2, 0.25) is 0 Å². The number of nitriles is 1. The highest BCUT2D eigenvalue weighted by atomic mass is 16.5. The third-order valence-corrected chi connectivity index (χ3v) is 2.63. The van der Waals surface area contributed by atoms with Crippen molar-refractivity contribution in [2.24, 2.45) is 5.41 Å². The molecule has 1 aromatic rings. The maximum atomic E-state index is 8.99. The van der Waals surface area contributed by atoms with Gasteiger partial charge in [0.2, 0.25) is 0 Å². The van der Waals surface area contributed by atoms with E-state index in [-0.39, 0.29) is 11.5 Å². The van der Waals surface area contributed by atoms with Crippen LogP contribution in [0.5, 0.6) is 0 Å². The smallest absolute Gasteiger partial charge is 0.0697 e. The van der Waals surface area contributed by atoms with Gasteiger partial charge in [-0.25, -0.2) is 0 Å².